The van der Waals surface area contributed by atoms with Crippen LogP contribution in [0.4, 0.5) is 0 Å². The molecule has 0 unspecified atom stereocenters. The summed E-state index contributed by atoms with van der Waals surface area (Å²) in [5, 5.41) is 0.700. The molecule has 0 saturated heterocycles. The molecule has 0 amide bonds. The molecule has 0 bridgehead atoms. The van der Waals surface area contributed by atoms with Gasteiger partial charge in [0.25, 0.3) is 0 Å². The predicted octanol–water partition coefficient (Wildman–Crippen LogP) is 1.02. The lowest BCUT2D eigenvalue weighted by Gasteiger charge is -1.91. The molecule has 0 aliphatic heterocycles. The molecule has 0 N–H and O–H groups in total. The second kappa shape index (κ2) is 1.98. The van der Waals surface area contributed by atoms with E-state index in [1.807, 2.05) is 10.6 Å². The molecular weight excluding hydrogens is 146 g/mol. The second-order valence-electron chi connectivity index (χ2n) is 1.97. The third-order valence-electron chi connectivity index (χ3n) is 1.28. The summed E-state index contributed by atoms with van der Waals surface area (Å²) in [6.45, 7) is 0. The Labute approximate surface area is 63.1 Å². The first-order valence-electron chi connectivity index (χ1n) is 2.83. The van der Waals surface area contributed by atoms with Crippen LogP contribution in [0.3, 0.4) is 0 Å². The maximum absolute atomic E-state index is 4.08. The summed E-state index contributed by atoms with van der Waals surface area (Å²) in [7, 11) is 0. The largest absolute Gasteiger partial charge is 0.302 e. The van der Waals surface area contributed by atoms with Crippen molar-refractivity contribution in [3.05, 3.63) is 24.9 Å². The van der Waals surface area contributed by atoms with Gasteiger partial charge in [-0.15, -0.1) is 12.6 Å². The van der Waals surface area contributed by atoms with E-state index in [1.54, 1.807) is 18.7 Å². The van der Waals surface area contributed by atoms with Crippen LogP contribution in [-0.2, 0) is 0 Å². The van der Waals surface area contributed by atoms with Crippen LogP contribution >= 0.6 is 12.6 Å². The lowest BCUT2D eigenvalue weighted by atomic mass is 10.6. The van der Waals surface area contributed by atoms with Crippen LogP contribution in [0.15, 0.2) is 29.9 Å². The lowest BCUT2D eigenvalue weighted by Crippen LogP contribution is -1.83. The van der Waals surface area contributed by atoms with E-state index in [0.29, 0.717) is 5.03 Å². The minimum Gasteiger partial charge on any atom is -0.302 e. The van der Waals surface area contributed by atoms with Gasteiger partial charge < -0.3 is 4.40 Å². The van der Waals surface area contributed by atoms with Crippen LogP contribution in [0.2, 0.25) is 0 Å². The van der Waals surface area contributed by atoms with Crippen LogP contribution in [-0.4, -0.2) is 14.4 Å². The Morgan fingerprint density at radius 3 is 3.20 bits per heavy atom. The number of imidazole rings is 1. The van der Waals surface area contributed by atoms with E-state index in [0.717, 1.165) is 5.52 Å². The van der Waals surface area contributed by atoms with Gasteiger partial charge in [0.05, 0.1) is 24.2 Å². The summed E-state index contributed by atoms with van der Waals surface area (Å²) in [6.07, 6.45) is 7.01. The Morgan fingerprint density at radius 2 is 2.30 bits per heavy atom. The molecule has 0 spiro atoms. The average Bonchev–Trinajstić information content (AvgIpc) is 2.33. The number of fused-ring (bicyclic) bond motifs is 1. The van der Waals surface area contributed by atoms with Gasteiger partial charge in [-0.25, -0.2) is 9.97 Å². The first-order chi connectivity index (χ1) is 4.86. The second-order valence-corrected chi connectivity index (χ2v) is 2.43. The van der Waals surface area contributed by atoms with Crippen molar-refractivity contribution in [3.8, 4) is 0 Å². The van der Waals surface area contributed by atoms with Gasteiger partial charge in [0, 0.05) is 6.20 Å². The topological polar surface area (TPSA) is 30.2 Å². The monoisotopic (exact) mass is 151 g/mol. The number of thiol groups is 1. The van der Waals surface area contributed by atoms with Crippen LogP contribution in [0.25, 0.3) is 5.52 Å². The van der Waals surface area contributed by atoms with Gasteiger partial charge in [-0.3, -0.25) is 0 Å². The van der Waals surface area contributed by atoms with E-state index in [4.69, 9.17) is 0 Å². The van der Waals surface area contributed by atoms with Gasteiger partial charge >= 0.3 is 0 Å². The van der Waals surface area contributed by atoms with Crippen molar-refractivity contribution in [3.63, 3.8) is 0 Å². The molecule has 0 saturated carbocycles. The summed E-state index contributed by atoms with van der Waals surface area (Å²) in [4.78, 5) is 7.91. The molecule has 0 aliphatic rings. The molecule has 0 aliphatic carbocycles. The van der Waals surface area contributed by atoms with Gasteiger partial charge in [0.2, 0.25) is 0 Å². The molecule has 2 aromatic rings. The van der Waals surface area contributed by atoms with Crippen molar-refractivity contribution in [1.82, 2.24) is 14.4 Å². The maximum Gasteiger partial charge on any atom is 0.110 e. The molecule has 50 valence electrons. The summed E-state index contributed by atoms with van der Waals surface area (Å²) < 4.78 is 1.87. The van der Waals surface area contributed by atoms with Crippen molar-refractivity contribution in [1.29, 1.82) is 0 Å². The number of rotatable bonds is 0. The minimum absolute atomic E-state index is 0.700. The fourth-order valence-electron chi connectivity index (χ4n) is 0.813. The highest BCUT2D eigenvalue weighted by Crippen LogP contribution is 2.03. The molecule has 0 aromatic carbocycles. The van der Waals surface area contributed by atoms with Gasteiger partial charge in [-0.05, 0) is 0 Å². The highest BCUT2D eigenvalue weighted by molar-refractivity contribution is 7.80. The van der Waals surface area contributed by atoms with Gasteiger partial charge in [0.1, 0.15) is 5.03 Å². The summed E-state index contributed by atoms with van der Waals surface area (Å²) in [5.41, 5.74) is 0.984. The Hall–Kier alpha value is -1.03. The highest BCUT2D eigenvalue weighted by Gasteiger charge is 1.91. The molecule has 0 atom stereocenters. The lowest BCUT2D eigenvalue weighted by molar-refractivity contribution is 1.02. The number of aromatic nitrogens is 3. The molecule has 2 aromatic heterocycles. The first kappa shape index (κ1) is 5.73. The van der Waals surface area contributed by atoms with E-state index in [9.17, 15) is 0 Å². The molecule has 3 nitrogen and oxygen atoms in total. The number of nitrogens with zero attached hydrogens (tertiary/aromatic N) is 3. The summed E-state index contributed by atoms with van der Waals surface area (Å²) >= 11 is 4.08. The van der Waals surface area contributed by atoms with Gasteiger partial charge in [-0.1, -0.05) is 0 Å². The number of hydrogen-bond acceptors (Lipinski definition) is 3. The van der Waals surface area contributed by atoms with Crippen LogP contribution in [0, 0.1) is 0 Å². The van der Waals surface area contributed by atoms with E-state index >= 15 is 0 Å². The van der Waals surface area contributed by atoms with Crippen LogP contribution in [0.1, 0.15) is 0 Å². The normalized spacial score (nSPS) is 10.5. The van der Waals surface area contributed by atoms with E-state index in [1.165, 1.54) is 0 Å². The van der Waals surface area contributed by atoms with Crippen molar-refractivity contribution in [2.24, 2.45) is 0 Å². The summed E-state index contributed by atoms with van der Waals surface area (Å²) in [6, 6.07) is 0. The van der Waals surface area contributed by atoms with Gasteiger partial charge in [0.15, 0.2) is 0 Å². The Kier molecular flexibility index (Phi) is 1.14. The minimum atomic E-state index is 0.700. The van der Waals surface area contributed by atoms with Crippen LogP contribution < -0.4 is 0 Å². The molecule has 2 rings (SSSR count). The average molecular weight is 151 g/mol. The van der Waals surface area contributed by atoms with Crippen molar-refractivity contribution < 1.29 is 0 Å². The zero-order chi connectivity index (χ0) is 6.97. The molecule has 0 fully saturated rings. The van der Waals surface area contributed by atoms with Crippen molar-refractivity contribution in [2.75, 3.05) is 0 Å². The molecular formula is C6H5N3S. The molecule has 4 heteroatoms. The quantitative estimate of drug-likeness (QED) is 0.570. The molecule has 10 heavy (non-hydrogen) atoms. The highest BCUT2D eigenvalue weighted by atomic mass is 32.1. The fraction of sp³-hybridized carbons (Fsp3) is 0. The third kappa shape index (κ3) is 0.769. The Balaban J connectivity index is 2.86. The molecule has 2 heterocycles. The smallest absolute Gasteiger partial charge is 0.110 e. The number of hydrogen-bond donors (Lipinski definition) is 1. The molecule has 0 radical (unpaired) electrons. The van der Waals surface area contributed by atoms with Crippen LogP contribution in [0.5, 0.6) is 0 Å². The van der Waals surface area contributed by atoms with Crippen molar-refractivity contribution in [2.45, 2.75) is 5.03 Å². The first-order valence-corrected chi connectivity index (χ1v) is 3.28. The third-order valence-corrected chi connectivity index (χ3v) is 1.51. The van der Waals surface area contributed by atoms with Crippen molar-refractivity contribution >= 4 is 18.1 Å². The SMILES string of the molecule is Sc1cn2cncc2cn1. The van der Waals surface area contributed by atoms with Gasteiger partial charge in [-0.2, -0.15) is 0 Å². The maximum atomic E-state index is 4.08. The Bertz CT molecular complexity index is 355. The zero-order valence-electron chi connectivity index (χ0n) is 5.10. The zero-order valence-corrected chi connectivity index (χ0v) is 5.99. The standard InChI is InChI=1S/C6H5N3S/c10-6-3-9-4-7-1-5(9)2-8-6/h1-4,10H. The summed E-state index contributed by atoms with van der Waals surface area (Å²) in [5.74, 6) is 0. The van der Waals surface area contributed by atoms with E-state index in [2.05, 4.69) is 22.6 Å². The predicted molar refractivity (Wildman–Crippen MR) is 40.2 cm³/mol. The fourth-order valence-corrected chi connectivity index (χ4v) is 0.995. The Morgan fingerprint density at radius 1 is 1.40 bits per heavy atom. The van der Waals surface area contributed by atoms with E-state index in [-0.39, 0.29) is 0 Å². The van der Waals surface area contributed by atoms with E-state index < -0.39 is 0 Å².